The molecule has 0 aliphatic rings. The number of rotatable bonds is 7. The largest absolute Gasteiger partial charge is 0.360 e. The molecule has 8 nitrogen and oxygen atoms in total. The lowest BCUT2D eigenvalue weighted by atomic mass is 10.2. The fourth-order valence-corrected chi connectivity index (χ4v) is 3.32. The Morgan fingerprint density at radius 2 is 2.22 bits per heavy atom. The van der Waals surface area contributed by atoms with Crippen LogP contribution in [-0.2, 0) is 4.79 Å². The van der Waals surface area contributed by atoms with Crippen molar-refractivity contribution in [2.24, 2.45) is 0 Å². The summed E-state index contributed by atoms with van der Waals surface area (Å²) < 4.78 is 0.662. The molecule has 1 amide bonds. The number of benzene rings is 1. The lowest BCUT2D eigenvalue weighted by Crippen LogP contribution is -2.15. The minimum atomic E-state index is -0.511. The van der Waals surface area contributed by atoms with E-state index >= 15 is 0 Å². The number of nitrogens with one attached hydrogen (secondary N) is 2. The number of nitro benzene ring substituents is 1. The van der Waals surface area contributed by atoms with Crippen LogP contribution in [-0.4, -0.2) is 33.3 Å². The second-order valence-corrected chi connectivity index (χ2v) is 6.72. The third-order valence-corrected chi connectivity index (χ3v) is 4.70. The van der Waals surface area contributed by atoms with Crippen LogP contribution in [0, 0.1) is 17.0 Å². The maximum Gasteiger partial charge on any atom is 0.293 e. The zero-order valence-corrected chi connectivity index (χ0v) is 14.2. The second-order valence-electron chi connectivity index (χ2n) is 4.52. The van der Waals surface area contributed by atoms with Crippen LogP contribution < -0.4 is 10.6 Å². The topological polar surface area (TPSA) is 110 Å². The molecule has 0 aliphatic carbocycles. The van der Waals surface area contributed by atoms with Gasteiger partial charge >= 0.3 is 0 Å². The number of aryl methyl sites for hydroxylation is 1. The normalized spacial score (nSPS) is 10.3. The average Bonchev–Trinajstić information content (AvgIpc) is 2.95. The van der Waals surface area contributed by atoms with E-state index in [4.69, 9.17) is 0 Å². The number of carbonyl (C=O) groups is 1. The number of anilines is 2. The minimum absolute atomic E-state index is 0.103. The molecule has 10 heteroatoms. The summed E-state index contributed by atoms with van der Waals surface area (Å²) >= 11 is 2.59. The molecular formula is C13H15N5O3S2. The maximum absolute atomic E-state index is 12.0. The van der Waals surface area contributed by atoms with Crippen LogP contribution in [0.1, 0.15) is 12.5 Å². The molecule has 2 aromatic rings. The number of hydrogen-bond donors (Lipinski definition) is 2. The van der Waals surface area contributed by atoms with Gasteiger partial charge in [0.05, 0.1) is 10.7 Å². The third kappa shape index (κ3) is 4.89. The fraction of sp³-hybridized carbons (Fsp3) is 0.308. The van der Waals surface area contributed by atoms with E-state index in [9.17, 15) is 14.9 Å². The Bertz CT molecular complexity index is 719. The van der Waals surface area contributed by atoms with E-state index in [1.807, 2.05) is 6.92 Å². The first-order chi connectivity index (χ1) is 11.0. The van der Waals surface area contributed by atoms with Crippen LogP contribution in [0.5, 0.6) is 0 Å². The molecule has 0 unspecified atom stereocenters. The van der Waals surface area contributed by atoms with E-state index < -0.39 is 4.92 Å². The summed E-state index contributed by atoms with van der Waals surface area (Å²) in [5.41, 5.74) is 0.833. The number of aromatic nitrogens is 2. The van der Waals surface area contributed by atoms with Crippen LogP contribution in [0.2, 0.25) is 0 Å². The molecule has 0 radical (unpaired) electrons. The molecule has 1 aromatic carbocycles. The molecule has 2 rings (SSSR count). The van der Waals surface area contributed by atoms with E-state index in [1.54, 1.807) is 13.0 Å². The molecule has 0 atom stereocenters. The van der Waals surface area contributed by atoms with E-state index in [0.717, 1.165) is 12.1 Å². The number of hydrogen-bond acceptors (Lipinski definition) is 8. The van der Waals surface area contributed by atoms with Crippen molar-refractivity contribution >= 4 is 45.5 Å². The lowest BCUT2D eigenvalue weighted by Gasteiger charge is -2.05. The van der Waals surface area contributed by atoms with Crippen molar-refractivity contribution in [3.05, 3.63) is 33.9 Å². The highest BCUT2D eigenvalue weighted by atomic mass is 32.2. The van der Waals surface area contributed by atoms with Gasteiger partial charge in [0.2, 0.25) is 11.0 Å². The van der Waals surface area contributed by atoms with Crippen molar-refractivity contribution in [2.45, 2.75) is 18.2 Å². The highest BCUT2D eigenvalue weighted by Crippen LogP contribution is 2.27. The second kappa shape index (κ2) is 7.88. The summed E-state index contributed by atoms with van der Waals surface area (Å²) in [6, 6.07) is 4.67. The average molecular weight is 353 g/mol. The van der Waals surface area contributed by atoms with Crippen molar-refractivity contribution in [3.63, 3.8) is 0 Å². The third-order valence-electron chi connectivity index (χ3n) is 2.69. The first-order valence-corrected chi connectivity index (χ1v) is 8.55. The predicted octanol–water partition coefficient (Wildman–Crippen LogP) is 2.92. The fourth-order valence-electron chi connectivity index (χ4n) is 1.70. The molecule has 0 aliphatic heterocycles. The standard InChI is InChI=1S/C13H15N5O3S2/c1-3-14-12-16-17-13(23-12)22-7-11(19)15-9-5-4-8(2)6-10(9)18(20)21/h4-6H,3,7H2,1-2H3,(H,14,16)(H,15,19). The SMILES string of the molecule is CCNc1nnc(SCC(=O)Nc2ccc(C)cc2[N+](=O)[O-])s1. The van der Waals surface area contributed by atoms with E-state index in [0.29, 0.717) is 9.47 Å². The summed E-state index contributed by atoms with van der Waals surface area (Å²) in [6.45, 7) is 4.46. The van der Waals surface area contributed by atoms with Crippen molar-refractivity contribution in [1.82, 2.24) is 10.2 Å². The molecular weight excluding hydrogens is 338 g/mol. The van der Waals surface area contributed by atoms with Gasteiger partial charge in [-0.15, -0.1) is 10.2 Å². The van der Waals surface area contributed by atoms with Crippen molar-refractivity contribution in [1.29, 1.82) is 0 Å². The van der Waals surface area contributed by atoms with Gasteiger partial charge in [0.25, 0.3) is 5.69 Å². The van der Waals surface area contributed by atoms with E-state index in [2.05, 4.69) is 20.8 Å². The van der Waals surface area contributed by atoms with Gasteiger partial charge < -0.3 is 10.6 Å². The number of thioether (sulfide) groups is 1. The zero-order valence-electron chi connectivity index (χ0n) is 12.5. The van der Waals surface area contributed by atoms with Gasteiger partial charge in [-0.3, -0.25) is 14.9 Å². The molecule has 23 heavy (non-hydrogen) atoms. The Kier molecular flexibility index (Phi) is 5.88. The molecule has 1 heterocycles. The zero-order chi connectivity index (χ0) is 16.8. The first-order valence-electron chi connectivity index (χ1n) is 6.74. The van der Waals surface area contributed by atoms with Crippen molar-refractivity contribution in [2.75, 3.05) is 22.9 Å². The van der Waals surface area contributed by atoms with Gasteiger partial charge in [0.1, 0.15) is 5.69 Å². The number of nitro groups is 1. The maximum atomic E-state index is 12.0. The van der Waals surface area contributed by atoms with Crippen LogP contribution in [0.15, 0.2) is 22.5 Å². The predicted molar refractivity (Wildman–Crippen MR) is 91.3 cm³/mol. The molecule has 0 fully saturated rings. The Balaban J connectivity index is 1.95. The smallest absolute Gasteiger partial charge is 0.293 e. The summed E-state index contributed by atoms with van der Waals surface area (Å²) in [5.74, 6) is -0.228. The monoisotopic (exact) mass is 353 g/mol. The molecule has 0 saturated heterocycles. The summed E-state index contributed by atoms with van der Waals surface area (Å²) in [4.78, 5) is 22.5. The van der Waals surface area contributed by atoms with Gasteiger partial charge in [-0.2, -0.15) is 0 Å². The molecule has 122 valence electrons. The van der Waals surface area contributed by atoms with Gasteiger partial charge in [-0.1, -0.05) is 29.2 Å². The van der Waals surface area contributed by atoms with Crippen LogP contribution in [0.4, 0.5) is 16.5 Å². The number of carbonyl (C=O) groups excluding carboxylic acids is 1. The molecule has 0 saturated carbocycles. The van der Waals surface area contributed by atoms with Crippen molar-refractivity contribution in [3.8, 4) is 0 Å². The molecule has 0 bridgehead atoms. The first kappa shape index (κ1) is 17.2. The molecule has 0 spiro atoms. The molecule has 1 aromatic heterocycles. The van der Waals surface area contributed by atoms with Gasteiger partial charge in [-0.25, -0.2) is 0 Å². The van der Waals surface area contributed by atoms with Gasteiger partial charge in [-0.05, 0) is 25.5 Å². The number of nitrogens with zero attached hydrogens (tertiary/aromatic N) is 3. The minimum Gasteiger partial charge on any atom is -0.360 e. The Morgan fingerprint density at radius 1 is 1.43 bits per heavy atom. The summed E-state index contributed by atoms with van der Waals surface area (Å²) in [6.07, 6.45) is 0. The van der Waals surface area contributed by atoms with E-state index in [1.165, 1.54) is 35.2 Å². The Labute approximate surface area is 140 Å². The van der Waals surface area contributed by atoms with E-state index in [-0.39, 0.29) is 23.0 Å². The lowest BCUT2D eigenvalue weighted by molar-refractivity contribution is -0.384. The molecule has 2 N–H and O–H groups in total. The number of amides is 1. The summed E-state index contributed by atoms with van der Waals surface area (Å²) in [5, 5.41) is 25.2. The van der Waals surface area contributed by atoms with Crippen LogP contribution in [0.25, 0.3) is 0 Å². The van der Waals surface area contributed by atoms with Crippen molar-refractivity contribution < 1.29 is 9.72 Å². The summed E-state index contributed by atoms with van der Waals surface area (Å²) in [7, 11) is 0. The van der Waals surface area contributed by atoms with Crippen LogP contribution in [0.3, 0.4) is 0 Å². The Hall–Kier alpha value is -2.20. The van der Waals surface area contributed by atoms with Gasteiger partial charge in [0, 0.05) is 12.6 Å². The van der Waals surface area contributed by atoms with Crippen LogP contribution >= 0.6 is 23.1 Å². The van der Waals surface area contributed by atoms with Gasteiger partial charge in [0.15, 0.2) is 4.34 Å². The highest BCUT2D eigenvalue weighted by Gasteiger charge is 2.16. The Morgan fingerprint density at radius 3 is 2.91 bits per heavy atom. The highest BCUT2D eigenvalue weighted by molar-refractivity contribution is 8.01. The quantitative estimate of drug-likeness (QED) is 0.447.